The van der Waals surface area contributed by atoms with E-state index < -0.39 is 16.4 Å². The number of aliphatic hydroxyl groups is 1. The number of hydrogen-bond acceptors (Lipinski definition) is 4. The number of aliphatic hydroxyl groups excluding tert-OH is 1. The molecule has 0 aliphatic carbocycles. The number of hydrogen-bond donors (Lipinski definition) is 1. The van der Waals surface area contributed by atoms with E-state index in [1.54, 1.807) is 16.8 Å². The average Bonchev–Trinajstić information content (AvgIpc) is 2.59. The van der Waals surface area contributed by atoms with Crippen LogP contribution in [0.25, 0.3) is 5.65 Å². The maximum Gasteiger partial charge on any atom is 0.158 e. The lowest BCUT2D eigenvalue weighted by atomic mass is 10.5. The highest BCUT2D eigenvalue weighted by Gasteiger charge is 2.15. The number of nitrogens with zero attached hydrogens (tertiary/aromatic N) is 2. The van der Waals surface area contributed by atoms with Gasteiger partial charge in [0.2, 0.25) is 0 Å². The summed E-state index contributed by atoms with van der Waals surface area (Å²) in [6, 6.07) is 1.54. The highest BCUT2D eigenvalue weighted by Crippen LogP contribution is 2.22. The number of imidazole rings is 1. The largest absolute Gasteiger partial charge is 0.395 e. The van der Waals surface area contributed by atoms with Gasteiger partial charge < -0.3 is 9.51 Å². The first-order valence-corrected chi connectivity index (χ1v) is 7.63. The first-order valence-electron chi connectivity index (χ1n) is 5.05. The van der Waals surface area contributed by atoms with Crippen LogP contribution >= 0.6 is 23.2 Å². The molecule has 18 heavy (non-hydrogen) atoms. The first-order chi connectivity index (χ1) is 8.41. The Morgan fingerprint density at radius 2 is 2.06 bits per heavy atom. The molecule has 0 unspecified atom stereocenters. The zero-order chi connectivity index (χ0) is 13.3. The van der Waals surface area contributed by atoms with Crippen molar-refractivity contribution in [1.29, 1.82) is 0 Å². The standard InChI is InChI=1S/C10H10Cl2N2O3S/c11-7-3-9(12)10-13-8(5-14(10)4-7)6-18(16,17)2-1-15/h3-5,15H,1-2,6H2. The molecule has 0 aliphatic heterocycles. The van der Waals surface area contributed by atoms with Crippen molar-refractivity contribution in [2.45, 2.75) is 5.75 Å². The summed E-state index contributed by atoms with van der Waals surface area (Å²) in [5.41, 5.74) is 0.822. The molecule has 8 heteroatoms. The predicted octanol–water partition coefficient (Wildman–Crippen LogP) is 1.55. The summed E-state index contributed by atoms with van der Waals surface area (Å²) in [6.07, 6.45) is 3.15. The van der Waals surface area contributed by atoms with Gasteiger partial charge in [0.15, 0.2) is 15.5 Å². The fraction of sp³-hybridized carbons (Fsp3) is 0.300. The Kier molecular flexibility index (Phi) is 3.82. The third kappa shape index (κ3) is 2.95. The lowest BCUT2D eigenvalue weighted by molar-refractivity contribution is 0.319. The summed E-state index contributed by atoms with van der Waals surface area (Å²) in [5, 5.41) is 9.45. The van der Waals surface area contributed by atoms with Crippen molar-refractivity contribution in [2.75, 3.05) is 12.4 Å². The molecule has 0 aromatic carbocycles. The second-order valence-electron chi connectivity index (χ2n) is 3.79. The maximum absolute atomic E-state index is 11.6. The highest BCUT2D eigenvalue weighted by atomic mass is 35.5. The van der Waals surface area contributed by atoms with Crippen LogP contribution in [0.2, 0.25) is 10.0 Å². The molecule has 0 radical (unpaired) electrons. The molecule has 2 aromatic heterocycles. The van der Waals surface area contributed by atoms with Crippen LogP contribution in [-0.2, 0) is 15.6 Å². The predicted molar refractivity (Wildman–Crippen MR) is 69.8 cm³/mol. The zero-order valence-corrected chi connectivity index (χ0v) is 11.5. The average molecular weight is 309 g/mol. The van der Waals surface area contributed by atoms with E-state index in [9.17, 15) is 8.42 Å². The summed E-state index contributed by atoms with van der Waals surface area (Å²) in [4.78, 5) is 4.13. The Hall–Kier alpha value is -0.820. The zero-order valence-electron chi connectivity index (χ0n) is 9.18. The van der Waals surface area contributed by atoms with Crippen molar-refractivity contribution < 1.29 is 13.5 Å². The number of sulfone groups is 1. The van der Waals surface area contributed by atoms with E-state index in [1.165, 1.54) is 6.07 Å². The molecule has 2 aromatic rings. The summed E-state index contributed by atoms with van der Waals surface area (Å²) < 4.78 is 24.7. The molecule has 0 amide bonds. The minimum absolute atomic E-state index is 0.233. The van der Waals surface area contributed by atoms with Crippen LogP contribution in [0.3, 0.4) is 0 Å². The lowest BCUT2D eigenvalue weighted by Crippen LogP contribution is -2.12. The molecule has 0 saturated carbocycles. The van der Waals surface area contributed by atoms with Gasteiger partial charge in [-0.25, -0.2) is 13.4 Å². The van der Waals surface area contributed by atoms with Crippen molar-refractivity contribution in [1.82, 2.24) is 9.38 Å². The van der Waals surface area contributed by atoms with Crippen LogP contribution in [0.4, 0.5) is 0 Å². The number of halogens is 2. The van der Waals surface area contributed by atoms with Crippen molar-refractivity contribution in [3.8, 4) is 0 Å². The van der Waals surface area contributed by atoms with Gasteiger partial charge in [0.1, 0.15) is 0 Å². The molecular formula is C10H10Cl2N2O3S. The van der Waals surface area contributed by atoms with Gasteiger partial charge in [-0.3, -0.25) is 0 Å². The molecule has 0 aliphatic rings. The molecule has 2 heterocycles. The molecule has 0 fully saturated rings. The smallest absolute Gasteiger partial charge is 0.158 e. The van der Waals surface area contributed by atoms with Crippen LogP contribution in [-0.4, -0.2) is 35.3 Å². The second-order valence-corrected chi connectivity index (χ2v) is 6.81. The van der Waals surface area contributed by atoms with Gasteiger partial charge in [-0.1, -0.05) is 23.2 Å². The van der Waals surface area contributed by atoms with E-state index in [2.05, 4.69) is 4.98 Å². The number of pyridine rings is 1. The van der Waals surface area contributed by atoms with Gasteiger partial charge in [-0.05, 0) is 6.07 Å². The molecule has 2 rings (SSSR count). The monoisotopic (exact) mass is 308 g/mol. The van der Waals surface area contributed by atoms with Gasteiger partial charge in [-0.15, -0.1) is 0 Å². The van der Waals surface area contributed by atoms with E-state index in [0.29, 0.717) is 21.4 Å². The van der Waals surface area contributed by atoms with Crippen LogP contribution in [0.1, 0.15) is 5.69 Å². The molecular weight excluding hydrogens is 299 g/mol. The van der Waals surface area contributed by atoms with Crippen molar-refractivity contribution in [3.63, 3.8) is 0 Å². The Morgan fingerprint density at radius 1 is 1.33 bits per heavy atom. The Morgan fingerprint density at radius 3 is 2.72 bits per heavy atom. The summed E-state index contributed by atoms with van der Waals surface area (Å²) >= 11 is 11.8. The number of aromatic nitrogens is 2. The lowest BCUT2D eigenvalue weighted by Gasteiger charge is -1.97. The minimum atomic E-state index is -3.36. The third-order valence-corrected chi connectivity index (χ3v) is 4.32. The van der Waals surface area contributed by atoms with Gasteiger partial charge in [0.25, 0.3) is 0 Å². The Labute approximate surface area is 114 Å². The summed E-state index contributed by atoms with van der Waals surface area (Å²) in [7, 11) is -3.36. The van der Waals surface area contributed by atoms with Crippen LogP contribution < -0.4 is 0 Å². The van der Waals surface area contributed by atoms with E-state index in [0.717, 1.165) is 0 Å². The van der Waals surface area contributed by atoms with Crippen molar-refractivity contribution in [2.24, 2.45) is 0 Å². The van der Waals surface area contributed by atoms with Gasteiger partial charge in [0, 0.05) is 12.4 Å². The first kappa shape index (κ1) is 13.6. The fourth-order valence-electron chi connectivity index (χ4n) is 1.58. The van der Waals surface area contributed by atoms with Crippen molar-refractivity contribution in [3.05, 3.63) is 34.2 Å². The van der Waals surface area contributed by atoms with E-state index in [1.807, 2.05) is 0 Å². The third-order valence-electron chi connectivity index (χ3n) is 2.29. The summed E-state index contributed by atoms with van der Waals surface area (Å²) in [6.45, 7) is -0.401. The number of fused-ring (bicyclic) bond motifs is 1. The highest BCUT2D eigenvalue weighted by molar-refractivity contribution is 7.90. The maximum atomic E-state index is 11.6. The second kappa shape index (κ2) is 5.05. The van der Waals surface area contributed by atoms with Gasteiger partial charge >= 0.3 is 0 Å². The Bertz CT molecular complexity index is 682. The van der Waals surface area contributed by atoms with E-state index in [-0.39, 0.29) is 11.5 Å². The minimum Gasteiger partial charge on any atom is -0.395 e. The molecule has 0 spiro atoms. The molecule has 0 atom stereocenters. The molecule has 5 nitrogen and oxygen atoms in total. The van der Waals surface area contributed by atoms with Gasteiger partial charge in [-0.2, -0.15) is 0 Å². The van der Waals surface area contributed by atoms with Crippen LogP contribution in [0.5, 0.6) is 0 Å². The number of rotatable bonds is 4. The van der Waals surface area contributed by atoms with E-state index >= 15 is 0 Å². The molecule has 98 valence electrons. The molecule has 1 N–H and O–H groups in total. The normalized spacial score (nSPS) is 12.2. The van der Waals surface area contributed by atoms with Crippen LogP contribution in [0.15, 0.2) is 18.5 Å². The summed E-state index contributed by atoms with van der Waals surface area (Å²) in [5.74, 6) is -0.515. The molecule has 0 bridgehead atoms. The van der Waals surface area contributed by atoms with Crippen LogP contribution in [0, 0.1) is 0 Å². The topological polar surface area (TPSA) is 71.7 Å². The SMILES string of the molecule is O=S(=O)(CCO)Cc1cn2cc(Cl)cc(Cl)c2n1. The van der Waals surface area contributed by atoms with E-state index in [4.69, 9.17) is 28.3 Å². The van der Waals surface area contributed by atoms with Crippen molar-refractivity contribution >= 4 is 38.7 Å². The van der Waals surface area contributed by atoms with Gasteiger partial charge in [0.05, 0.1) is 33.9 Å². The quantitative estimate of drug-likeness (QED) is 0.930. The fourth-order valence-corrected chi connectivity index (χ4v) is 3.12. The Balaban J connectivity index is 2.39. The molecule has 0 saturated heterocycles.